The largest absolute Gasteiger partial charge is 0.294 e. The molecular formula is C14H23NOS. The maximum Gasteiger partial charge on any atom is 0.171 e. The first-order valence-corrected chi connectivity index (χ1v) is 7.15. The van der Waals surface area contributed by atoms with Crippen LogP contribution in [0.25, 0.3) is 0 Å². The van der Waals surface area contributed by atoms with Crippen LogP contribution in [0.1, 0.15) is 80.7 Å². The van der Waals surface area contributed by atoms with E-state index >= 15 is 0 Å². The molecule has 0 aliphatic carbocycles. The normalized spacial score (nSPS) is 12.2. The highest BCUT2D eigenvalue weighted by atomic mass is 32.1. The minimum Gasteiger partial charge on any atom is -0.294 e. The molecule has 0 bridgehead atoms. The molecule has 0 aliphatic heterocycles. The Balaban J connectivity index is 3.26. The van der Waals surface area contributed by atoms with Gasteiger partial charge in [-0.1, -0.05) is 34.6 Å². The maximum atomic E-state index is 11.7. The Kier molecular flexibility index (Phi) is 4.48. The highest BCUT2D eigenvalue weighted by molar-refractivity contribution is 7.13. The molecule has 0 amide bonds. The Morgan fingerprint density at radius 3 is 2.12 bits per heavy atom. The van der Waals surface area contributed by atoms with Crippen molar-refractivity contribution in [3.63, 3.8) is 0 Å². The summed E-state index contributed by atoms with van der Waals surface area (Å²) in [5, 5.41) is 1.13. The Morgan fingerprint density at radius 1 is 1.29 bits per heavy atom. The lowest BCUT2D eigenvalue weighted by atomic mass is 9.90. The smallest absolute Gasteiger partial charge is 0.171 e. The van der Waals surface area contributed by atoms with Gasteiger partial charge in [-0.3, -0.25) is 4.79 Å². The second-order valence-electron chi connectivity index (χ2n) is 5.55. The van der Waals surface area contributed by atoms with E-state index in [4.69, 9.17) is 4.98 Å². The third kappa shape index (κ3) is 3.15. The van der Waals surface area contributed by atoms with Gasteiger partial charge in [0.25, 0.3) is 0 Å². The van der Waals surface area contributed by atoms with Gasteiger partial charge in [0.2, 0.25) is 0 Å². The number of hydrogen-bond acceptors (Lipinski definition) is 3. The van der Waals surface area contributed by atoms with Gasteiger partial charge in [-0.05, 0) is 12.8 Å². The molecule has 17 heavy (non-hydrogen) atoms. The van der Waals surface area contributed by atoms with Crippen LogP contribution >= 0.6 is 11.3 Å². The number of rotatable bonds is 4. The van der Waals surface area contributed by atoms with E-state index < -0.39 is 0 Å². The highest BCUT2D eigenvalue weighted by Gasteiger charge is 2.26. The zero-order chi connectivity index (χ0) is 13.2. The van der Waals surface area contributed by atoms with Crippen molar-refractivity contribution in [2.45, 2.75) is 65.7 Å². The van der Waals surface area contributed by atoms with Crippen molar-refractivity contribution in [2.24, 2.45) is 0 Å². The van der Waals surface area contributed by atoms with E-state index in [0.29, 0.717) is 5.92 Å². The van der Waals surface area contributed by atoms with Gasteiger partial charge in [-0.25, -0.2) is 4.98 Å². The Morgan fingerprint density at radius 2 is 1.82 bits per heavy atom. The molecule has 0 aliphatic rings. The quantitative estimate of drug-likeness (QED) is 0.737. The van der Waals surface area contributed by atoms with Crippen LogP contribution in [0.4, 0.5) is 0 Å². The average molecular weight is 253 g/mol. The molecule has 0 unspecified atom stereocenters. The van der Waals surface area contributed by atoms with E-state index in [2.05, 4.69) is 34.6 Å². The standard InChI is InChI=1S/C14H23NOS/c1-7-10(8-2)13-15-12(14(4,5)6)11(17-13)9(3)16/h10H,7-8H2,1-6H3. The molecule has 0 saturated carbocycles. The second-order valence-corrected chi connectivity index (χ2v) is 6.58. The number of ketones is 1. The van der Waals surface area contributed by atoms with Crippen LogP contribution in [0.2, 0.25) is 0 Å². The summed E-state index contributed by atoms with van der Waals surface area (Å²) in [6.45, 7) is 12.3. The van der Waals surface area contributed by atoms with Gasteiger partial charge in [0.15, 0.2) is 5.78 Å². The van der Waals surface area contributed by atoms with Crippen molar-refractivity contribution >= 4 is 17.1 Å². The first-order chi connectivity index (χ1) is 7.81. The van der Waals surface area contributed by atoms with Crippen molar-refractivity contribution in [1.29, 1.82) is 0 Å². The van der Waals surface area contributed by atoms with Crippen LogP contribution in [-0.4, -0.2) is 10.8 Å². The van der Waals surface area contributed by atoms with Crippen molar-refractivity contribution in [3.8, 4) is 0 Å². The van der Waals surface area contributed by atoms with E-state index in [9.17, 15) is 4.79 Å². The number of carbonyl (C=O) groups is 1. The van der Waals surface area contributed by atoms with Crippen LogP contribution in [0.3, 0.4) is 0 Å². The topological polar surface area (TPSA) is 30.0 Å². The van der Waals surface area contributed by atoms with Gasteiger partial charge < -0.3 is 0 Å². The molecule has 1 rings (SSSR count). The highest BCUT2D eigenvalue weighted by Crippen LogP contribution is 2.35. The lowest BCUT2D eigenvalue weighted by Crippen LogP contribution is -2.15. The fourth-order valence-corrected chi connectivity index (χ4v) is 3.33. The van der Waals surface area contributed by atoms with Crippen LogP contribution in [0, 0.1) is 0 Å². The molecule has 0 N–H and O–H groups in total. The predicted molar refractivity (Wildman–Crippen MR) is 74.1 cm³/mol. The second kappa shape index (κ2) is 5.30. The fourth-order valence-electron chi connectivity index (χ4n) is 1.90. The summed E-state index contributed by atoms with van der Waals surface area (Å²) >= 11 is 1.59. The van der Waals surface area contributed by atoms with Crippen LogP contribution < -0.4 is 0 Å². The number of aromatic nitrogens is 1. The molecule has 0 fully saturated rings. The van der Waals surface area contributed by atoms with E-state index in [1.807, 2.05) is 0 Å². The van der Waals surface area contributed by atoms with E-state index in [1.165, 1.54) is 0 Å². The summed E-state index contributed by atoms with van der Waals surface area (Å²) < 4.78 is 0. The summed E-state index contributed by atoms with van der Waals surface area (Å²) in [6, 6.07) is 0. The number of Topliss-reactive ketones (excluding diaryl/α,β-unsaturated/α-hetero) is 1. The van der Waals surface area contributed by atoms with E-state index in [1.54, 1.807) is 18.3 Å². The van der Waals surface area contributed by atoms with Crippen molar-refractivity contribution < 1.29 is 4.79 Å². The third-order valence-corrected chi connectivity index (χ3v) is 4.33. The molecule has 1 aromatic rings. The van der Waals surface area contributed by atoms with Crippen LogP contribution in [0.15, 0.2) is 0 Å². The van der Waals surface area contributed by atoms with E-state index in [-0.39, 0.29) is 11.2 Å². The maximum absolute atomic E-state index is 11.7. The molecule has 1 aromatic heterocycles. The number of hydrogen-bond donors (Lipinski definition) is 0. The molecule has 0 atom stereocenters. The zero-order valence-electron chi connectivity index (χ0n) is 11.8. The average Bonchev–Trinajstić information content (AvgIpc) is 2.64. The van der Waals surface area contributed by atoms with E-state index in [0.717, 1.165) is 28.4 Å². The predicted octanol–water partition coefficient (Wildman–Crippen LogP) is 4.55. The van der Waals surface area contributed by atoms with Crippen molar-refractivity contribution in [1.82, 2.24) is 4.98 Å². The van der Waals surface area contributed by atoms with Crippen LogP contribution in [-0.2, 0) is 5.41 Å². The molecule has 1 heterocycles. The summed E-state index contributed by atoms with van der Waals surface area (Å²) in [6.07, 6.45) is 2.18. The molecule has 0 radical (unpaired) electrons. The van der Waals surface area contributed by atoms with Gasteiger partial charge >= 0.3 is 0 Å². The molecule has 0 aromatic carbocycles. The monoisotopic (exact) mass is 253 g/mol. The molecular weight excluding hydrogens is 230 g/mol. The number of thiazole rings is 1. The van der Waals surface area contributed by atoms with Gasteiger partial charge in [0.05, 0.1) is 15.6 Å². The molecule has 3 heteroatoms. The summed E-state index contributed by atoms with van der Waals surface area (Å²) in [5.74, 6) is 0.638. The van der Waals surface area contributed by atoms with Crippen molar-refractivity contribution in [3.05, 3.63) is 15.6 Å². The van der Waals surface area contributed by atoms with Gasteiger partial charge in [0.1, 0.15) is 0 Å². The fraction of sp³-hybridized carbons (Fsp3) is 0.714. The minimum atomic E-state index is -0.0538. The van der Waals surface area contributed by atoms with Crippen LogP contribution in [0.5, 0.6) is 0 Å². The van der Waals surface area contributed by atoms with Gasteiger partial charge in [0, 0.05) is 18.3 Å². The first kappa shape index (κ1) is 14.4. The molecule has 0 saturated heterocycles. The summed E-state index contributed by atoms with van der Waals surface area (Å²) in [4.78, 5) is 17.3. The summed E-state index contributed by atoms with van der Waals surface area (Å²) in [5.41, 5.74) is 0.916. The molecule has 96 valence electrons. The number of carbonyl (C=O) groups excluding carboxylic acids is 1. The lowest BCUT2D eigenvalue weighted by Gasteiger charge is -2.16. The van der Waals surface area contributed by atoms with Crippen molar-refractivity contribution in [2.75, 3.05) is 0 Å². The molecule has 2 nitrogen and oxygen atoms in total. The Hall–Kier alpha value is -0.700. The third-order valence-electron chi connectivity index (χ3n) is 3.01. The SMILES string of the molecule is CCC(CC)c1nc(C(C)(C)C)c(C(C)=O)s1. The number of nitrogens with zero attached hydrogens (tertiary/aromatic N) is 1. The Bertz CT molecular complexity index is 397. The first-order valence-electron chi connectivity index (χ1n) is 6.33. The Labute approximate surface area is 108 Å². The van der Waals surface area contributed by atoms with Gasteiger partial charge in [-0.15, -0.1) is 11.3 Å². The molecule has 0 spiro atoms. The zero-order valence-corrected chi connectivity index (χ0v) is 12.6. The van der Waals surface area contributed by atoms with Gasteiger partial charge in [-0.2, -0.15) is 0 Å². The summed E-state index contributed by atoms with van der Waals surface area (Å²) in [7, 11) is 0. The minimum absolute atomic E-state index is 0.0538. The lowest BCUT2D eigenvalue weighted by molar-refractivity contribution is 0.101.